The Morgan fingerprint density at radius 2 is 2.18 bits per heavy atom. The van der Waals surface area contributed by atoms with Crippen molar-refractivity contribution in [1.82, 2.24) is 4.90 Å². The Balaban J connectivity index is 2.61. The number of nitrogens with zero attached hydrogens (tertiary/aromatic N) is 2. The van der Waals surface area contributed by atoms with Gasteiger partial charge >= 0.3 is 6.09 Å². The maximum Gasteiger partial charge on any atom is 0.410 e. The first-order valence-electron chi connectivity index (χ1n) is 5.70. The molecule has 17 heavy (non-hydrogen) atoms. The van der Waals surface area contributed by atoms with Gasteiger partial charge in [-0.3, -0.25) is 0 Å². The highest BCUT2D eigenvalue weighted by Crippen LogP contribution is 2.23. The lowest BCUT2D eigenvalue weighted by Crippen LogP contribution is -2.45. The molecule has 1 saturated heterocycles. The zero-order valence-corrected chi connectivity index (χ0v) is 10.5. The van der Waals surface area contributed by atoms with E-state index in [4.69, 9.17) is 10.00 Å². The largest absolute Gasteiger partial charge is 0.444 e. The molecule has 5 heteroatoms. The monoisotopic (exact) mass is 238 g/mol. The standard InChI is InChI=1S/C12H18N2O3/c1-12(2,3)17-11(16)14-5-4-9(8-15)10(6-13)7-14/h8-10H,4-5,7H2,1-3H3/t9-,10+/m0/s1. The second-order valence-corrected chi connectivity index (χ2v) is 5.25. The minimum absolute atomic E-state index is 0.265. The molecule has 1 aliphatic rings. The van der Waals surface area contributed by atoms with Crippen LogP contribution in [-0.2, 0) is 9.53 Å². The molecule has 5 nitrogen and oxygen atoms in total. The topological polar surface area (TPSA) is 70.4 Å². The van der Waals surface area contributed by atoms with E-state index in [9.17, 15) is 9.59 Å². The van der Waals surface area contributed by atoms with Crippen molar-refractivity contribution in [3.8, 4) is 6.07 Å². The van der Waals surface area contributed by atoms with Crippen LogP contribution in [0.2, 0.25) is 0 Å². The van der Waals surface area contributed by atoms with Gasteiger partial charge in [-0.25, -0.2) is 4.79 Å². The van der Waals surface area contributed by atoms with Crippen LogP contribution in [0.25, 0.3) is 0 Å². The van der Waals surface area contributed by atoms with Crippen molar-refractivity contribution in [3.63, 3.8) is 0 Å². The summed E-state index contributed by atoms with van der Waals surface area (Å²) in [6, 6.07) is 2.07. The van der Waals surface area contributed by atoms with Crippen molar-refractivity contribution in [2.24, 2.45) is 11.8 Å². The molecule has 0 bridgehead atoms. The Kier molecular flexibility index (Phi) is 4.11. The first-order valence-corrected chi connectivity index (χ1v) is 5.70. The molecular formula is C12H18N2O3. The maximum absolute atomic E-state index is 11.8. The molecule has 0 N–H and O–H groups in total. The molecule has 1 heterocycles. The van der Waals surface area contributed by atoms with Gasteiger partial charge in [0.25, 0.3) is 0 Å². The highest BCUT2D eigenvalue weighted by atomic mass is 16.6. The summed E-state index contributed by atoms with van der Waals surface area (Å²) in [4.78, 5) is 24.0. The summed E-state index contributed by atoms with van der Waals surface area (Å²) in [7, 11) is 0. The average molecular weight is 238 g/mol. The second kappa shape index (κ2) is 5.17. The van der Waals surface area contributed by atoms with Crippen LogP contribution in [0.3, 0.4) is 0 Å². The number of rotatable bonds is 1. The number of piperidine rings is 1. The first kappa shape index (κ1) is 13.5. The van der Waals surface area contributed by atoms with Crippen molar-refractivity contribution >= 4 is 12.4 Å². The summed E-state index contributed by atoms with van der Waals surface area (Å²) < 4.78 is 5.23. The molecule has 2 atom stereocenters. The summed E-state index contributed by atoms with van der Waals surface area (Å²) in [6.45, 7) is 6.13. The van der Waals surface area contributed by atoms with Gasteiger partial charge in [-0.15, -0.1) is 0 Å². The minimum atomic E-state index is -0.541. The molecule has 0 unspecified atom stereocenters. The Labute approximate surface area is 101 Å². The predicted octanol–water partition coefficient (Wildman–Crippen LogP) is 1.58. The van der Waals surface area contributed by atoms with E-state index < -0.39 is 17.6 Å². The third-order valence-electron chi connectivity index (χ3n) is 2.66. The summed E-state index contributed by atoms with van der Waals surface area (Å²) in [5, 5.41) is 8.94. The molecule has 0 saturated carbocycles. The lowest BCUT2D eigenvalue weighted by molar-refractivity contribution is -0.113. The number of likely N-dealkylation sites (tertiary alicyclic amines) is 1. The minimum Gasteiger partial charge on any atom is -0.444 e. The second-order valence-electron chi connectivity index (χ2n) is 5.25. The van der Waals surface area contributed by atoms with Crippen molar-refractivity contribution in [2.45, 2.75) is 32.8 Å². The molecular weight excluding hydrogens is 220 g/mol. The lowest BCUT2D eigenvalue weighted by atomic mass is 9.88. The van der Waals surface area contributed by atoms with Crippen LogP contribution in [0.5, 0.6) is 0 Å². The molecule has 0 spiro atoms. The van der Waals surface area contributed by atoms with Crippen LogP contribution in [0.1, 0.15) is 27.2 Å². The number of amides is 1. The van der Waals surface area contributed by atoms with Gasteiger partial charge in [0, 0.05) is 19.0 Å². The number of hydrogen-bond acceptors (Lipinski definition) is 4. The van der Waals surface area contributed by atoms with E-state index in [0.717, 1.165) is 6.29 Å². The molecule has 0 aromatic heterocycles. The van der Waals surface area contributed by atoms with Crippen LogP contribution in [0.15, 0.2) is 0 Å². The fourth-order valence-corrected chi connectivity index (χ4v) is 1.76. The van der Waals surface area contributed by atoms with E-state index in [1.54, 1.807) is 20.8 Å². The summed E-state index contributed by atoms with van der Waals surface area (Å²) in [5.41, 5.74) is -0.541. The van der Waals surface area contributed by atoms with Crippen LogP contribution < -0.4 is 0 Å². The van der Waals surface area contributed by atoms with E-state index in [2.05, 4.69) is 6.07 Å². The number of carbonyl (C=O) groups is 2. The molecule has 1 aliphatic heterocycles. The van der Waals surface area contributed by atoms with E-state index in [0.29, 0.717) is 13.0 Å². The smallest absolute Gasteiger partial charge is 0.410 e. The molecule has 1 amide bonds. The van der Waals surface area contributed by atoms with Gasteiger partial charge in [-0.05, 0) is 27.2 Å². The number of carbonyl (C=O) groups excluding carboxylic acids is 2. The molecule has 0 aliphatic carbocycles. The average Bonchev–Trinajstić information content (AvgIpc) is 2.25. The number of hydrogen-bond donors (Lipinski definition) is 0. The Morgan fingerprint density at radius 3 is 2.65 bits per heavy atom. The van der Waals surface area contributed by atoms with Gasteiger partial charge in [-0.2, -0.15) is 5.26 Å². The third kappa shape index (κ3) is 3.74. The van der Waals surface area contributed by atoms with E-state index in [1.807, 2.05) is 0 Å². The molecule has 0 radical (unpaired) electrons. The molecule has 1 fully saturated rings. The molecule has 0 aromatic rings. The van der Waals surface area contributed by atoms with Gasteiger partial charge < -0.3 is 14.4 Å². The SMILES string of the molecule is CC(C)(C)OC(=O)N1CC[C@@H](C=O)[C@H](C#N)C1. The number of ether oxygens (including phenoxy) is 1. The number of aldehydes is 1. The van der Waals surface area contributed by atoms with Crippen LogP contribution >= 0.6 is 0 Å². The van der Waals surface area contributed by atoms with Gasteiger partial charge in [0.2, 0.25) is 0 Å². The van der Waals surface area contributed by atoms with E-state index in [-0.39, 0.29) is 12.5 Å². The quantitative estimate of drug-likeness (QED) is 0.650. The molecule has 1 rings (SSSR count). The van der Waals surface area contributed by atoms with Gasteiger partial charge in [-0.1, -0.05) is 0 Å². The van der Waals surface area contributed by atoms with Crippen molar-refractivity contribution in [3.05, 3.63) is 0 Å². The van der Waals surface area contributed by atoms with Crippen molar-refractivity contribution in [2.75, 3.05) is 13.1 Å². The molecule has 0 aromatic carbocycles. The normalized spacial score (nSPS) is 24.9. The van der Waals surface area contributed by atoms with Gasteiger partial charge in [0.05, 0.1) is 12.0 Å². The van der Waals surface area contributed by atoms with Crippen LogP contribution in [0, 0.1) is 23.2 Å². The number of nitriles is 1. The van der Waals surface area contributed by atoms with E-state index >= 15 is 0 Å². The fourth-order valence-electron chi connectivity index (χ4n) is 1.76. The summed E-state index contributed by atoms with van der Waals surface area (Å²) in [5.74, 6) is -0.688. The third-order valence-corrected chi connectivity index (χ3v) is 2.66. The highest BCUT2D eigenvalue weighted by molar-refractivity contribution is 5.69. The van der Waals surface area contributed by atoms with Crippen LogP contribution in [-0.4, -0.2) is 36.0 Å². The Bertz CT molecular complexity index is 341. The zero-order valence-electron chi connectivity index (χ0n) is 10.5. The Hall–Kier alpha value is -1.57. The van der Waals surface area contributed by atoms with Crippen molar-refractivity contribution in [1.29, 1.82) is 5.26 Å². The fraction of sp³-hybridized carbons (Fsp3) is 0.750. The Morgan fingerprint density at radius 1 is 1.53 bits per heavy atom. The van der Waals surface area contributed by atoms with Gasteiger partial charge in [0.1, 0.15) is 11.9 Å². The molecule has 94 valence electrons. The lowest BCUT2D eigenvalue weighted by Gasteiger charge is -2.34. The van der Waals surface area contributed by atoms with Crippen LogP contribution in [0.4, 0.5) is 4.79 Å². The first-order chi connectivity index (χ1) is 7.87. The van der Waals surface area contributed by atoms with Crippen molar-refractivity contribution < 1.29 is 14.3 Å². The zero-order chi connectivity index (χ0) is 13.1. The predicted molar refractivity (Wildman–Crippen MR) is 61.1 cm³/mol. The summed E-state index contributed by atoms with van der Waals surface area (Å²) >= 11 is 0. The van der Waals surface area contributed by atoms with Gasteiger partial charge in [0.15, 0.2) is 0 Å². The maximum atomic E-state index is 11.8. The van der Waals surface area contributed by atoms with E-state index in [1.165, 1.54) is 4.90 Å². The summed E-state index contributed by atoms with van der Waals surface area (Å²) in [6.07, 6.45) is 0.920. The highest BCUT2D eigenvalue weighted by Gasteiger charge is 2.33.